The zero-order valence-corrected chi connectivity index (χ0v) is 12.2. The molecule has 1 fully saturated rings. The Morgan fingerprint density at radius 3 is 2.48 bits per heavy atom. The normalized spacial score (nSPS) is 16.1. The lowest BCUT2D eigenvalue weighted by Gasteiger charge is -2.35. The summed E-state index contributed by atoms with van der Waals surface area (Å²) in [6, 6.07) is 6.14. The van der Waals surface area contributed by atoms with E-state index in [2.05, 4.69) is 36.9 Å². The molecule has 0 amide bonds. The quantitative estimate of drug-likeness (QED) is 0.909. The van der Waals surface area contributed by atoms with Crippen molar-refractivity contribution >= 4 is 11.8 Å². The largest absolute Gasteiger partial charge is 0.368 e. The molecule has 0 aliphatic carbocycles. The third kappa shape index (κ3) is 3.46. The van der Waals surface area contributed by atoms with E-state index in [1.54, 1.807) is 0 Å². The van der Waals surface area contributed by atoms with E-state index < -0.39 is 0 Å². The predicted octanol–water partition coefficient (Wildman–Crippen LogP) is 1.08. The molecule has 0 aromatic carbocycles. The Labute approximate surface area is 124 Å². The van der Waals surface area contributed by atoms with Crippen molar-refractivity contribution in [3.63, 3.8) is 0 Å². The number of rotatable bonds is 3. The molecule has 0 spiro atoms. The highest BCUT2D eigenvalue weighted by Crippen LogP contribution is 2.16. The number of aromatic nitrogens is 3. The monoisotopic (exact) mass is 284 g/mol. The summed E-state index contributed by atoms with van der Waals surface area (Å²) in [5, 5.41) is 0. The van der Waals surface area contributed by atoms with Crippen LogP contribution in [0.2, 0.25) is 0 Å². The average Bonchev–Trinajstić information content (AvgIpc) is 2.48. The van der Waals surface area contributed by atoms with Gasteiger partial charge in [0.05, 0.1) is 0 Å². The van der Waals surface area contributed by atoms with Gasteiger partial charge in [0.1, 0.15) is 5.82 Å². The van der Waals surface area contributed by atoms with Crippen molar-refractivity contribution < 1.29 is 0 Å². The number of aryl methyl sites for hydroxylation is 1. The minimum Gasteiger partial charge on any atom is -0.368 e. The van der Waals surface area contributed by atoms with Crippen molar-refractivity contribution in [2.75, 3.05) is 36.8 Å². The van der Waals surface area contributed by atoms with Gasteiger partial charge < -0.3 is 10.6 Å². The second-order valence-electron chi connectivity index (χ2n) is 5.34. The lowest BCUT2D eigenvalue weighted by Crippen LogP contribution is -2.46. The summed E-state index contributed by atoms with van der Waals surface area (Å²) < 4.78 is 0. The number of hydrogen-bond donors (Lipinski definition) is 1. The minimum atomic E-state index is 0.351. The second kappa shape index (κ2) is 6.05. The first-order valence-electron chi connectivity index (χ1n) is 7.18. The topological polar surface area (TPSA) is 71.2 Å². The number of nitrogens with zero attached hydrogens (tertiary/aromatic N) is 5. The molecule has 110 valence electrons. The maximum atomic E-state index is 5.73. The number of hydrogen-bond acceptors (Lipinski definition) is 6. The van der Waals surface area contributed by atoms with Gasteiger partial charge in [-0.25, -0.2) is 4.98 Å². The summed E-state index contributed by atoms with van der Waals surface area (Å²) in [7, 11) is 0. The van der Waals surface area contributed by atoms with Gasteiger partial charge in [-0.05, 0) is 24.6 Å². The summed E-state index contributed by atoms with van der Waals surface area (Å²) in [4.78, 5) is 17.2. The Kier molecular flexibility index (Phi) is 3.96. The Morgan fingerprint density at radius 1 is 1.10 bits per heavy atom. The van der Waals surface area contributed by atoms with E-state index in [0.717, 1.165) is 44.2 Å². The van der Waals surface area contributed by atoms with E-state index in [1.165, 1.54) is 5.56 Å². The van der Waals surface area contributed by atoms with Gasteiger partial charge in [0.2, 0.25) is 5.95 Å². The molecule has 0 saturated carbocycles. The number of nitrogen functional groups attached to an aromatic ring is 1. The van der Waals surface area contributed by atoms with Crippen LogP contribution in [0.3, 0.4) is 0 Å². The van der Waals surface area contributed by atoms with Gasteiger partial charge in [0.15, 0.2) is 0 Å². The zero-order valence-electron chi connectivity index (χ0n) is 12.2. The van der Waals surface area contributed by atoms with Crippen LogP contribution in [-0.4, -0.2) is 46.0 Å². The van der Waals surface area contributed by atoms with Gasteiger partial charge in [0.25, 0.3) is 0 Å². The van der Waals surface area contributed by atoms with Crippen LogP contribution < -0.4 is 10.6 Å². The molecule has 1 aliphatic heterocycles. The Morgan fingerprint density at radius 2 is 1.81 bits per heavy atom. The molecular weight excluding hydrogens is 264 g/mol. The highest BCUT2D eigenvalue weighted by atomic mass is 15.3. The molecule has 2 N–H and O–H groups in total. The standard InChI is InChI=1S/C15H20N6/c1-12-10-14(19-15(16)18-12)21-8-6-20(7-9-21)11-13-2-4-17-5-3-13/h2-5,10H,6-9,11H2,1H3,(H2,16,18,19). The summed E-state index contributed by atoms with van der Waals surface area (Å²) in [5.41, 5.74) is 7.95. The summed E-state index contributed by atoms with van der Waals surface area (Å²) in [6.45, 7) is 6.88. The second-order valence-corrected chi connectivity index (χ2v) is 5.34. The molecule has 3 heterocycles. The molecule has 6 heteroatoms. The predicted molar refractivity (Wildman–Crippen MR) is 82.9 cm³/mol. The van der Waals surface area contributed by atoms with Gasteiger partial charge in [-0.2, -0.15) is 4.98 Å². The lowest BCUT2D eigenvalue weighted by atomic mass is 10.2. The smallest absolute Gasteiger partial charge is 0.222 e. The first-order valence-corrected chi connectivity index (χ1v) is 7.18. The maximum Gasteiger partial charge on any atom is 0.222 e. The molecule has 0 bridgehead atoms. The van der Waals surface area contributed by atoms with Crippen molar-refractivity contribution in [3.8, 4) is 0 Å². The van der Waals surface area contributed by atoms with Crippen molar-refractivity contribution in [1.82, 2.24) is 19.9 Å². The van der Waals surface area contributed by atoms with Crippen LogP contribution in [0.1, 0.15) is 11.3 Å². The SMILES string of the molecule is Cc1cc(N2CCN(Cc3ccncc3)CC2)nc(N)n1. The highest BCUT2D eigenvalue weighted by Gasteiger charge is 2.18. The van der Waals surface area contributed by atoms with Crippen LogP contribution in [0.5, 0.6) is 0 Å². The first-order chi connectivity index (χ1) is 10.2. The maximum absolute atomic E-state index is 5.73. The van der Waals surface area contributed by atoms with Crippen molar-refractivity contribution in [2.24, 2.45) is 0 Å². The molecule has 0 atom stereocenters. The minimum absolute atomic E-state index is 0.351. The highest BCUT2D eigenvalue weighted by molar-refractivity contribution is 5.43. The van der Waals surface area contributed by atoms with E-state index in [1.807, 2.05) is 25.4 Å². The molecule has 1 aliphatic rings. The fraction of sp³-hybridized carbons (Fsp3) is 0.400. The Balaban J connectivity index is 1.60. The van der Waals surface area contributed by atoms with Crippen LogP contribution in [-0.2, 0) is 6.54 Å². The van der Waals surface area contributed by atoms with Gasteiger partial charge in [-0.3, -0.25) is 9.88 Å². The van der Waals surface area contributed by atoms with Crippen LogP contribution >= 0.6 is 0 Å². The van der Waals surface area contributed by atoms with E-state index in [4.69, 9.17) is 5.73 Å². The number of anilines is 2. The molecule has 2 aromatic rings. The fourth-order valence-electron chi connectivity index (χ4n) is 2.62. The van der Waals surface area contributed by atoms with Crippen LogP contribution in [0.25, 0.3) is 0 Å². The Hall–Kier alpha value is -2.21. The lowest BCUT2D eigenvalue weighted by molar-refractivity contribution is 0.249. The summed E-state index contributed by atoms with van der Waals surface area (Å²) in [6.07, 6.45) is 3.69. The van der Waals surface area contributed by atoms with Crippen LogP contribution in [0.4, 0.5) is 11.8 Å². The molecule has 0 radical (unpaired) electrons. The zero-order chi connectivity index (χ0) is 14.7. The van der Waals surface area contributed by atoms with Gasteiger partial charge in [-0.15, -0.1) is 0 Å². The van der Waals surface area contributed by atoms with Crippen molar-refractivity contribution in [2.45, 2.75) is 13.5 Å². The molecule has 21 heavy (non-hydrogen) atoms. The third-order valence-electron chi connectivity index (χ3n) is 3.71. The van der Waals surface area contributed by atoms with E-state index in [0.29, 0.717) is 5.95 Å². The van der Waals surface area contributed by atoms with Gasteiger partial charge >= 0.3 is 0 Å². The molecule has 0 unspecified atom stereocenters. The van der Waals surface area contributed by atoms with Crippen molar-refractivity contribution in [1.29, 1.82) is 0 Å². The average molecular weight is 284 g/mol. The summed E-state index contributed by atoms with van der Waals surface area (Å²) in [5.74, 6) is 1.28. The molecule has 6 nitrogen and oxygen atoms in total. The molecule has 1 saturated heterocycles. The Bertz CT molecular complexity index is 572. The van der Waals surface area contributed by atoms with Crippen LogP contribution in [0, 0.1) is 6.92 Å². The number of pyridine rings is 1. The number of nitrogens with two attached hydrogens (primary N) is 1. The van der Waals surface area contributed by atoms with E-state index >= 15 is 0 Å². The fourth-order valence-corrected chi connectivity index (χ4v) is 2.62. The van der Waals surface area contributed by atoms with Crippen molar-refractivity contribution in [3.05, 3.63) is 41.9 Å². The van der Waals surface area contributed by atoms with Gasteiger partial charge in [-0.1, -0.05) is 0 Å². The molecule has 2 aromatic heterocycles. The summed E-state index contributed by atoms with van der Waals surface area (Å²) >= 11 is 0. The first kappa shape index (κ1) is 13.8. The van der Waals surface area contributed by atoms with Crippen LogP contribution in [0.15, 0.2) is 30.6 Å². The van der Waals surface area contributed by atoms with Gasteiger partial charge in [0, 0.05) is 56.9 Å². The molecular formula is C15H20N6. The third-order valence-corrected chi connectivity index (χ3v) is 3.71. The van der Waals surface area contributed by atoms with E-state index in [9.17, 15) is 0 Å². The molecule has 3 rings (SSSR count). The number of piperazine rings is 1. The van der Waals surface area contributed by atoms with E-state index in [-0.39, 0.29) is 0 Å².